The van der Waals surface area contributed by atoms with Crippen molar-refractivity contribution in [2.24, 2.45) is 0 Å². The van der Waals surface area contributed by atoms with Gasteiger partial charge in [-0.05, 0) is 19.3 Å². The van der Waals surface area contributed by atoms with Gasteiger partial charge in [0.05, 0.1) is 0 Å². The van der Waals surface area contributed by atoms with E-state index in [9.17, 15) is 0 Å². The third-order valence-corrected chi connectivity index (χ3v) is 7.85. The van der Waals surface area contributed by atoms with Crippen LogP contribution >= 0.6 is 0 Å². The number of rotatable bonds is 6. The molecule has 1 fully saturated rings. The molecule has 0 radical (unpaired) electrons. The van der Waals surface area contributed by atoms with Crippen LogP contribution in [0.15, 0.2) is 0 Å². The smallest absolute Gasteiger partial charge is 0.343 e. The Morgan fingerprint density at radius 3 is 2.15 bits per heavy atom. The van der Waals surface area contributed by atoms with Crippen LogP contribution in [0.4, 0.5) is 0 Å². The molecule has 1 rings (SSSR count). The molecule has 0 heterocycles. The van der Waals surface area contributed by atoms with E-state index < -0.39 is 8.56 Å². The van der Waals surface area contributed by atoms with Crippen molar-refractivity contribution in [3.8, 4) is 0 Å². The summed E-state index contributed by atoms with van der Waals surface area (Å²) in [7, 11) is 1.83. The van der Waals surface area contributed by atoms with Gasteiger partial charge in [-0.25, -0.2) is 0 Å². The highest BCUT2D eigenvalue weighted by Gasteiger charge is 2.53. The standard InChI is InChI=1S/C10H22O2Si/c1-5-6-9(2)13(11-3,12-4)10-7-8-10/h9-10H,5-8H2,1-4H3. The lowest BCUT2D eigenvalue weighted by Gasteiger charge is -2.33. The van der Waals surface area contributed by atoms with Crippen LogP contribution in [0.3, 0.4) is 0 Å². The van der Waals surface area contributed by atoms with E-state index in [1.54, 1.807) is 0 Å². The molecule has 1 atom stereocenters. The van der Waals surface area contributed by atoms with Crippen LogP contribution in [0, 0.1) is 0 Å². The highest BCUT2D eigenvalue weighted by atomic mass is 28.4. The maximum absolute atomic E-state index is 5.74. The minimum Gasteiger partial charge on any atom is -0.397 e. The molecule has 1 aliphatic rings. The monoisotopic (exact) mass is 202 g/mol. The molecule has 0 N–H and O–H groups in total. The first-order valence-corrected chi connectivity index (χ1v) is 7.28. The Kier molecular flexibility index (Phi) is 3.95. The molecule has 3 heteroatoms. The van der Waals surface area contributed by atoms with Gasteiger partial charge >= 0.3 is 8.56 Å². The van der Waals surface area contributed by atoms with Crippen molar-refractivity contribution < 1.29 is 8.85 Å². The van der Waals surface area contributed by atoms with Gasteiger partial charge in [0.1, 0.15) is 0 Å². The highest BCUT2D eigenvalue weighted by molar-refractivity contribution is 6.71. The second kappa shape index (κ2) is 4.58. The minimum absolute atomic E-state index is 0.639. The molecule has 0 aromatic carbocycles. The Morgan fingerprint density at radius 2 is 1.85 bits per heavy atom. The first-order valence-electron chi connectivity index (χ1n) is 5.31. The Bertz CT molecular complexity index is 153. The quantitative estimate of drug-likeness (QED) is 0.616. The predicted octanol–water partition coefficient (Wildman–Crippen LogP) is 3.08. The van der Waals surface area contributed by atoms with Crippen LogP contribution in [0.5, 0.6) is 0 Å². The number of hydrogen-bond acceptors (Lipinski definition) is 2. The van der Waals surface area contributed by atoms with Gasteiger partial charge in [-0.2, -0.15) is 0 Å². The second-order valence-electron chi connectivity index (χ2n) is 4.09. The molecule has 1 aliphatic carbocycles. The molecule has 2 nitrogen and oxygen atoms in total. The molecule has 0 aliphatic heterocycles. The van der Waals surface area contributed by atoms with Gasteiger partial charge in [-0.1, -0.05) is 20.3 Å². The van der Waals surface area contributed by atoms with E-state index in [0.29, 0.717) is 5.54 Å². The van der Waals surface area contributed by atoms with Crippen molar-refractivity contribution in [1.82, 2.24) is 0 Å². The van der Waals surface area contributed by atoms with Crippen molar-refractivity contribution in [3.63, 3.8) is 0 Å². The topological polar surface area (TPSA) is 18.5 Å². The van der Waals surface area contributed by atoms with Gasteiger partial charge in [0.2, 0.25) is 0 Å². The van der Waals surface area contributed by atoms with E-state index in [4.69, 9.17) is 8.85 Å². The van der Waals surface area contributed by atoms with E-state index in [0.717, 1.165) is 5.54 Å². The Labute approximate surface area is 82.9 Å². The van der Waals surface area contributed by atoms with Crippen LogP contribution in [0.2, 0.25) is 11.1 Å². The van der Waals surface area contributed by atoms with E-state index in [1.807, 2.05) is 14.2 Å². The number of hydrogen-bond donors (Lipinski definition) is 0. The maximum Gasteiger partial charge on any atom is 0.343 e. The normalized spacial score (nSPS) is 20.3. The fourth-order valence-corrected chi connectivity index (χ4v) is 6.45. The SMILES string of the molecule is CCCC(C)[Si](OC)(OC)C1CC1. The van der Waals surface area contributed by atoms with Crippen LogP contribution in [0.1, 0.15) is 39.5 Å². The van der Waals surface area contributed by atoms with E-state index in [1.165, 1.54) is 25.7 Å². The zero-order valence-electron chi connectivity index (χ0n) is 9.30. The molecule has 0 aromatic rings. The fraction of sp³-hybridized carbons (Fsp3) is 1.00. The van der Waals surface area contributed by atoms with Gasteiger partial charge in [0, 0.05) is 25.3 Å². The average molecular weight is 202 g/mol. The molecule has 0 saturated heterocycles. The maximum atomic E-state index is 5.74. The van der Waals surface area contributed by atoms with Crippen LogP contribution in [0.25, 0.3) is 0 Å². The first kappa shape index (κ1) is 11.2. The van der Waals surface area contributed by atoms with E-state index in [2.05, 4.69) is 13.8 Å². The molecule has 0 aromatic heterocycles. The molecule has 0 amide bonds. The fourth-order valence-electron chi connectivity index (χ4n) is 2.34. The summed E-state index contributed by atoms with van der Waals surface area (Å²) in [6, 6.07) is 0. The summed E-state index contributed by atoms with van der Waals surface area (Å²) < 4.78 is 11.5. The zero-order chi connectivity index (χ0) is 9.90. The summed E-state index contributed by atoms with van der Waals surface area (Å²) in [5.74, 6) is 0. The summed E-state index contributed by atoms with van der Waals surface area (Å²) in [5.41, 5.74) is 1.41. The van der Waals surface area contributed by atoms with Gasteiger partial charge < -0.3 is 8.85 Å². The molecule has 13 heavy (non-hydrogen) atoms. The first-order chi connectivity index (χ1) is 6.21. The molecular formula is C10H22O2Si. The van der Waals surface area contributed by atoms with Crippen molar-refractivity contribution in [2.45, 2.75) is 50.6 Å². The van der Waals surface area contributed by atoms with Gasteiger partial charge in [-0.3, -0.25) is 0 Å². The average Bonchev–Trinajstić information content (AvgIpc) is 2.92. The largest absolute Gasteiger partial charge is 0.397 e. The van der Waals surface area contributed by atoms with Crippen molar-refractivity contribution in [1.29, 1.82) is 0 Å². The van der Waals surface area contributed by atoms with Gasteiger partial charge in [0.25, 0.3) is 0 Å². The predicted molar refractivity (Wildman–Crippen MR) is 57.1 cm³/mol. The van der Waals surface area contributed by atoms with Crippen molar-refractivity contribution in [3.05, 3.63) is 0 Å². The summed E-state index contributed by atoms with van der Waals surface area (Å²) in [6.07, 6.45) is 5.11. The van der Waals surface area contributed by atoms with E-state index >= 15 is 0 Å². The van der Waals surface area contributed by atoms with E-state index in [-0.39, 0.29) is 0 Å². The lowest BCUT2D eigenvalue weighted by molar-refractivity contribution is 0.226. The van der Waals surface area contributed by atoms with Crippen molar-refractivity contribution in [2.75, 3.05) is 14.2 Å². The molecular weight excluding hydrogens is 180 g/mol. The van der Waals surface area contributed by atoms with Crippen LogP contribution in [-0.4, -0.2) is 22.8 Å². The van der Waals surface area contributed by atoms with Crippen LogP contribution < -0.4 is 0 Å². The minimum atomic E-state index is -1.83. The summed E-state index contributed by atoms with van der Waals surface area (Å²) in [6.45, 7) is 4.52. The Morgan fingerprint density at radius 1 is 1.31 bits per heavy atom. The lowest BCUT2D eigenvalue weighted by atomic mass is 10.3. The lowest BCUT2D eigenvalue weighted by Crippen LogP contribution is -2.44. The summed E-state index contributed by atoms with van der Waals surface area (Å²) in [4.78, 5) is 0. The Balaban J connectivity index is 2.62. The van der Waals surface area contributed by atoms with Crippen molar-refractivity contribution >= 4 is 8.56 Å². The van der Waals surface area contributed by atoms with Crippen LogP contribution in [-0.2, 0) is 8.85 Å². The van der Waals surface area contributed by atoms with Gasteiger partial charge in [-0.15, -0.1) is 0 Å². The second-order valence-corrected chi connectivity index (χ2v) is 8.16. The Hall–Kier alpha value is 0.137. The summed E-state index contributed by atoms with van der Waals surface area (Å²) >= 11 is 0. The molecule has 0 spiro atoms. The molecule has 78 valence electrons. The summed E-state index contributed by atoms with van der Waals surface area (Å²) in [5, 5.41) is 0. The zero-order valence-corrected chi connectivity index (χ0v) is 10.3. The third kappa shape index (κ3) is 2.14. The third-order valence-electron chi connectivity index (χ3n) is 3.19. The molecule has 0 bridgehead atoms. The highest BCUT2D eigenvalue weighted by Crippen LogP contribution is 2.51. The molecule has 1 saturated carbocycles. The van der Waals surface area contributed by atoms with Gasteiger partial charge in [0.15, 0.2) is 0 Å². The molecule has 1 unspecified atom stereocenters.